The van der Waals surface area contributed by atoms with E-state index in [4.69, 9.17) is 15.9 Å². The average Bonchev–Trinajstić information content (AvgIpc) is 0.722. The van der Waals surface area contributed by atoms with Crippen molar-refractivity contribution in [2.45, 2.75) is 0 Å². The molecule has 0 rings (SSSR count). The van der Waals surface area contributed by atoms with Crippen molar-refractivity contribution < 1.29 is 29.5 Å². The average molecular weight is 325 g/mol. The molecule has 0 aromatic heterocycles. The molecule has 4 nitrogen and oxygen atoms in total. The van der Waals surface area contributed by atoms with E-state index < -0.39 is 13.6 Å². The first-order valence-electron chi connectivity index (χ1n) is 0.667. The van der Waals surface area contributed by atoms with Gasteiger partial charge in [0.05, 0.1) is 0 Å². The van der Waals surface area contributed by atoms with E-state index >= 15 is 0 Å². The van der Waals surface area contributed by atoms with Crippen LogP contribution in [0.3, 0.4) is 0 Å². The van der Waals surface area contributed by atoms with E-state index in [-0.39, 0.29) is 27.3 Å². The summed E-state index contributed by atoms with van der Waals surface area (Å²) in [6, 6.07) is 0. The molecule has 0 aliphatic rings. The fourth-order valence-corrected chi connectivity index (χ4v) is 0. The van der Waals surface area contributed by atoms with E-state index in [1.165, 1.54) is 0 Å². The zero-order valence-electron chi connectivity index (χ0n) is 2.75. The molecular formula is H2CrO4Pb. The predicted octanol–water partition coefficient (Wildman–Crippen LogP) is -3.53. The standard InChI is InChI=1S/Cr.4O.Pb.2H/q;;;2*-1;+2;;. The fraction of sp³-hybridized carbons (Fsp3) is 0. The zero-order valence-corrected chi connectivity index (χ0v) is 9.52. The maximum atomic E-state index is 8.59. The van der Waals surface area contributed by atoms with Crippen molar-refractivity contribution in [3.8, 4) is 0 Å². The van der Waals surface area contributed by atoms with Gasteiger partial charge in [0.2, 0.25) is 0 Å². The first kappa shape index (κ1) is 10.1. The molecule has 0 radical (unpaired) electrons. The SMILES string of the molecule is [O]=[Cr](=[O])([O-])[O-].[PbH2+2]. The van der Waals surface area contributed by atoms with E-state index in [1.807, 2.05) is 0 Å². The third kappa shape index (κ3) is 82.7. The van der Waals surface area contributed by atoms with Gasteiger partial charge in [-0.05, 0) is 0 Å². The summed E-state index contributed by atoms with van der Waals surface area (Å²) in [4.78, 5) is 0. The van der Waals surface area contributed by atoms with Gasteiger partial charge < -0.3 is 0 Å². The van der Waals surface area contributed by atoms with Gasteiger partial charge >= 0.3 is 56.8 Å². The zero-order chi connectivity index (χ0) is 4.50. The molecular weight excluding hydrogens is 323 g/mol. The van der Waals surface area contributed by atoms with Crippen LogP contribution >= 0.6 is 0 Å². The second kappa shape index (κ2) is 3.04. The van der Waals surface area contributed by atoms with Crippen LogP contribution in [0.1, 0.15) is 0 Å². The fourth-order valence-electron chi connectivity index (χ4n) is 0. The predicted molar refractivity (Wildman–Crippen MR) is 9.92 cm³/mol. The topological polar surface area (TPSA) is 80.3 Å². The van der Waals surface area contributed by atoms with Crippen molar-refractivity contribution in [1.29, 1.82) is 0 Å². The Bertz CT molecular complexity index is 90.7. The first-order valence-corrected chi connectivity index (χ1v) is 2.75. The molecule has 0 aliphatic heterocycles. The molecule has 0 fully saturated rings. The summed E-state index contributed by atoms with van der Waals surface area (Å²) in [7, 11) is 0. The molecule has 0 unspecified atom stereocenters. The minimum absolute atomic E-state index is 0. The van der Waals surface area contributed by atoms with Crippen LogP contribution in [0.2, 0.25) is 0 Å². The van der Waals surface area contributed by atoms with Crippen molar-refractivity contribution in [3.05, 3.63) is 0 Å². The Kier molecular flexibility index (Phi) is 5.10. The van der Waals surface area contributed by atoms with Gasteiger partial charge in [0.15, 0.2) is 0 Å². The quantitative estimate of drug-likeness (QED) is 0.432. The van der Waals surface area contributed by atoms with Gasteiger partial charge in [-0.25, -0.2) is 0 Å². The minimum atomic E-state index is -5.75. The summed E-state index contributed by atoms with van der Waals surface area (Å²) in [6.07, 6.45) is 0. The van der Waals surface area contributed by atoms with Crippen LogP contribution in [0.4, 0.5) is 0 Å². The van der Waals surface area contributed by atoms with Crippen LogP contribution in [-0.4, -0.2) is 27.3 Å². The Labute approximate surface area is 56.7 Å². The molecule has 0 saturated heterocycles. The van der Waals surface area contributed by atoms with Crippen LogP contribution in [0.5, 0.6) is 0 Å². The Hall–Kier alpha value is 0.975. The Morgan fingerprint density at radius 2 is 1.17 bits per heavy atom. The molecule has 0 aromatic carbocycles. The van der Waals surface area contributed by atoms with Gasteiger partial charge in [0, 0.05) is 0 Å². The summed E-state index contributed by atoms with van der Waals surface area (Å²) >= 11 is -5.75. The van der Waals surface area contributed by atoms with Gasteiger partial charge in [0.25, 0.3) is 0 Å². The van der Waals surface area contributed by atoms with Gasteiger partial charge in [0.1, 0.15) is 0 Å². The molecule has 0 aliphatic carbocycles. The summed E-state index contributed by atoms with van der Waals surface area (Å²) in [5.74, 6) is 0. The normalized spacial score (nSPS) is 9.67. The third-order valence-corrected chi connectivity index (χ3v) is 0. The molecule has 6 heavy (non-hydrogen) atoms. The summed E-state index contributed by atoms with van der Waals surface area (Å²) < 4.78 is 34.4. The molecule has 0 bridgehead atoms. The van der Waals surface area contributed by atoms with E-state index in [2.05, 4.69) is 0 Å². The molecule has 0 aromatic rings. The van der Waals surface area contributed by atoms with E-state index in [0.29, 0.717) is 0 Å². The number of rotatable bonds is 0. The third-order valence-electron chi connectivity index (χ3n) is 0. The molecule has 0 spiro atoms. The van der Waals surface area contributed by atoms with Crippen molar-refractivity contribution in [2.75, 3.05) is 0 Å². The van der Waals surface area contributed by atoms with Crippen LogP contribution < -0.4 is 8.32 Å². The van der Waals surface area contributed by atoms with Gasteiger partial charge in [-0.15, -0.1) is 0 Å². The molecule has 6 heteroatoms. The number of hydrogen-bond acceptors (Lipinski definition) is 4. The first-order chi connectivity index (χ1) is 2.00. The summed E-state index contributed by atoms with van der Waals surface area (Å²) in [5, 5.41) is 0. The van der Waals surface area contributed by atoms with Gasteiger partial charge in [-0.2, -0.15) is 0 Å². The maximum absolute atomic E-state index is 8.59. The summed E-state index contributed by atoms with van der Waals surface area (Å²) in [5.41, 5.74) is 0. The van der Waals surface area contributed by atoms with Gasteiger partial charge in [-0.3, -0.25) is 0 Å². The molecule has 0 amide bonds. The van der Waals surface area contributed by atoms with Crippen molar-refractivity contribution in [1.82, 2.24) is 0 Å². The summed E-state index contributed by atoms with van der Waals surface area (Å²) in [6.45, 7) is 0. The second-order valence-electron chi connectivity index (χ2n) is 0.408. The van der Waals surface area contributed by atoms with Crippen LogP contribution in [0, 0.1) is 0 Å². The van der Waals surface area contributed by atoms with Gasteiger partial charge in [-0.1, -0.05) is 0 Å². The van der Waals surface area contributed by atoms with E-state index in [1.54, 1.807) is 0 Å². The Morgan fingerprint density at radius 3 is 1.17 bits per heavy atom. The second-order valence-corrected chi connectivity index (χ2v) is 1.68. The van der Waals surface area contributed by atoms with Crippen LogP contribution in [0.25, 0.3) is 0 Å². The van der Waals surface area contributed by atoms with Crippen molar-refractivity contribution in [3.63, 3.8) is 0 Å². The monoisotopic (exact) mass is 326 g/mol. The number of hydrogen-bond donors (Lipinski definition) is 0. The van der Waals surface area contributed by atoms with Crippen LogP contribution in [0.15, 0.2) is 0 Å². The van der Waals surface area contributed by atoms with Crippen molar-refractivity contribution >= 4 is 27.3 Å². The molecule has 0 heterocycles. The molecule has 0 atom stereocenters. The Morgan fingerprint density at radius 1 is 1.17 bits per heavy atom. The molecule has 0 saturated carbocycles. The Balaban J connectivity index is 0. The molecule has 0 N–H and O–H groups in total. The van der Waals surface area contributed by atoms with E-state index in [0.717, 1.165) is 0 Å². The van der Waals surface area contributed by atoms with E-state index in [9.17, 15) is 0 Å². The molecule has 36 valence electrons. The van der Waals surface area contributed by atoms with Crippen molar-refractivity contribution in [2.24, 2.45) is 0 Å². The van der Waals surface area contributed by atoms with Crippen LogP contribution in [-0.2, 0) is 21.2 Å².